The van der Waals surface area contributed by atoms with Gasteiger partial charge in [0.25, 0.3) is 0 Å². The van der Waals surface area contributed by atoms with E-state index in [9.17, 15) is 5.11 Å². The first-order valence-electron chi connectivity index (χ1n) is 5.51. The third-order valence-corrected chi connectivity index (χ3v) is 3.34. The largest absolute Gasteiger partial charge is 0.497 e. The van der Waals surface area contributed by atoms with Gasteiger partial charge in [0.05, 0.1) is 12.7 Å². The standard InChI is InChI=1S/C13H18O2/c1-10-6-7-13(14,9-10)11-4-3-5-12(8-11)15-2/h3-5,8,10,14H,6-7,9H2,1-2H3/t10-,13-/m1/s1. The second-order valence-electron chi connectivity index (χ2n) is 4.61. The van der Waals surface area contributed by atoms with Crippen LogP contribution in [0.15, 0.2) is 24.3 Å². The minimum absolute atomic E-state index is 0.612. The summed E-state index contributed by atoms with van der Waals surface area (Å²) in [5.74, 6) is 1.43. The zero-order valence-electron chi connectivity index (χ0n) is 9.36. The van der Waals surface area contributed by atoms with Crippen molar-refractivity contribution >= 4 is 0 Å². The summed E-state index contributed by atoms with van der Waals surface area (Å²) in [6.45, 7) is 2.19. The van der Waals surface area contributed by atoms with Crippen LogP contribution in [-0.4, -0.2) is 12.2 Å². The van der Waals surface area contributed by atoms with E-state index in [-0.39, 0.29) is 0 Å². The minimum atomic E-state index is -0.631. The Morgan fingerprint density at radius 2 is 2.27 bits per heavy atom. The molecular weight excluding hydrogens is 188 g/mol. The Labute approximate surface area is 90.9 Å². The molecule has 2 nitrogen and oxygen atoms in total. The van der Waals surface area contributed by atoms with Gasteiger partial charge in [0.15, 0.2) is 0 Å². The molecule has 0 saturated heterocycles. The predicted octanol–water partition coefficient (Wildman–Crippen LogP) is 2.70. The first kappa shape index (κ1) is 10.5. The molecule has 2 rings (SSSR count). The molecule has 1 N–H and O–H groups in total. The Kier molecular flexibility index (Phi) is 2.70. The van der Waals surface area contributed by atoms with Gasteiger partial charge in [-0.25, -0.2) is 0 Å². The van der Waals surface area contributed by atoms with Crippen molar-refractivity contribution in [2.24, 2.45) is 5.92 Å². The molecule has 1 aliphatic carbocycles. The number of hydrogen-bond acceptors (Lipinski definition) is 2. The van der Waals surface area contributed by atoms with Gasteiger partial charge in [-0.3, -0.25) is 0 Å². The number of ether oxygens (including phenoxy) is 1. The van der Waals surface area contributed by atoms with Crippen LogP contribution in [0.2, 0.25) is 0 Å². The van der Waals surface area contributed by atoms with Gasteiger partial charge in [-0.05, 0) is 42.9 Å². The Hall–Kier alpha value is -1.02. The second kappa shape index (κ2) is 3.86. The molecule has 2 atom stereocenters. The van der Waals surface area contributed by atoms with Gasteiger partial charge in [0.1, 0.15) is 5.75 Å². The van der Waals surface area contributed by atoms with E-state index in [1.54, 1.807) is 7.11 Å². The van der Waals surface area contributed by atoms with Crippen LogP contribution in [0.1, 0.15) is 31.7 Å². The van der Waals surface area contributed by atoms with Crippen molar-refractivity contribution in [1.29, 1.82) is 0 Å². The zero-order valence-corrected chi connectivity index (χ0v) is 9.36. The molecule has 1 fully saturated rings. The van der Waals surface area contributed by atoms with E-state index in [1.165, 1.54) is 0 Å². The molecule has 0 aromatic heterocycles. The van der Waals surface area contributed by atoms with E-state index in [1.807, 2.05) is 24.3 Å². The molecule has 0 heterocycles. The van der Waals surface area contributed by atoms with Gasteiger partial charge in [-0.2, -0.15) is 0 Å². The van der Waals surface area contributed by atoms with Crippen LogP contribution in [0.3, 0.4) is 0 Å². The van der Waals surface area contributed by atoms with Gasteiger partial charge in [-0.15, -0.1) is 0 Å². The fourth-order valence-electron chi connectivity index (χ4n) is 2.44. The van der Waals surface area contributed by atoms with Gasteiger partial charge >= 0.3 is 0 Å². The van der Waals surface area contributed by atoms with E-state index in [4.69, 9.17) is 4.74 Å². The molecule has 0 spiro atoms. The van der Waals surface area contributed by atoms with E-state index < -0.39 is 5.60 Å². The van der Waals surface area contributed by atoms with Gasteiger partial charge in [0, 0.05) is 0 Å². The Bertz CT molecular complexity index is 348. The summed E-state index contributed by atoms with van der Waals surface area (Å²) in [6, 6.07) is 7.78. The lowest BCUT2D eigenvalue weighted by Crippen LogP contribution is -2.21. The maximum Gasteiger partial charge on any atom is 0.119 e. The van der Waals surface area contributed by atoms with Crippen LogP contribution in [0, 0.1) is 5.92 Å². The van der Waals surface area contributed by atoms with Crippen molar-refractivity contribution in [3.8, 4) is 5.75 Å². The van der Waals surface area contributed by atoms with Crippen LogP contribution < -0.4 is 4.74 Å². The second-order valence-corrected chi connectivity index (χ2v) is 4.61. The summed E-state index contributed by atoms with van der Waals surface area (Å²) in [7, 11) is 1.65. The van der Waals surface area contributed by atoms with Crippen LogP contribution in [0.5, 0.6) is 5.75 Å². The minimum Gasteiger partial charge on any atom is -0.497 e. The third kappa shape index (κ3) is 2.00. The van der Waals surface area contributed by atoms with Crippen molar-refractivity contribution in [2.75, 3.05) is 7.11 Å². The summed E-state index contributed by atoms with van der Waals surface area (Å²) in [5.41, 5.74) is 0.361. The molecule has 1 saturated carbocycles. The first-order chi connectivity index (χ1) is 7.14. The molecule has 1 aromatic carbocycles. The Balaban J connectivity index is 2.28. The van der Waals surface area contributed by atoms with E-state index in [0.29, 0.717) is 5.92 Å². The molecule has 0 amide bonds. The highest BCUT2D eigenvalue weighted by atomic mass is 16.5. The van der Waals surface area contributed by atoms with Crippen molar-refractivity contribution in [2.45, 2.75) is 31.8 Å². The SMILES string of the molecule is COc1cccc([C@@]2(O)CC[C@@H](C)C2)c1. The van der Waals surface area contributed by atoms with Gasteiger partial charge in [-0.1, -0.05) is 19.1 Å². The topological polar surface area (TPSA) is 29.5 Å². The Morgan fingerprint density at radius 1 is 1.47 bits per heavy atom. The maximum absolute atomic E-state index is 10.5. The zero-order chi connectivity index (χ0) is 10.9. The molecular formula is C13H18O2. The molecule has 82 valence electrons. The average molecular weight is 206 g/mol. The fraction of sp³-hybridized carbons (Fsp3) is 0.538. The number of benzene rings is 1. The fourth-order valence-corrected chi connectivity index (χ4v) is 2.44. The summed E-state index contributed by atoms with van der Waals surface area (Å²) in [4.78, 5) is 0. The average Bonchev–Trinajstić information content (AvgIpc) is 2.60. The highest BCUT2D eigenvalue weighted by Crippen LogP contribution is 2.42. The maximum atomic E-state index is 10.5. The van der Waals surface area contributed by atoms with Crippen molar-refractivity contribution in [1.82, 2.24) is 0 Å². The molecule has 0 aliphatic heterocycles. The normalized spacial score (nSPS) is 30.5. The molecule has 2 heteroatoms. The van der Waals surface area contributed by atoms with E-state index in [2.05, 4.69) is 6.92 Å². The summed E-state index contributed by atoms with van der Waals surface area (Å²) < 4.78 is 5.18. The predicted molar refractivity (Wildman–Crippen MR) is 59.9 cm³/mol. The molecule has 0 bridgehead atoms. The van der Waals surface area contributed by atoms with Crippen molar-refractivity contribution in [3.05, 3.63) is 29.8 Å². The number of methoxy groups -OCH3 is 1. The summed E-state index contributed by atoms with van der Waals surface area (Å²) in [6.07, 6.45) is 2.83. The lowest BCUT2D eigenvalue weighted by Gasteiger charge is -2.23. The number of aliphatic hydroxyl groups is 1. The summed E-state index contributed by atoms with van der Waals surface area (Å²) in [5, 5.41) is 10.5. The highest BCUT2D eigenvalue weighted by Gasteiger charge is 2.36. The monoisotopic (exact) mass is 206 g/mol. The lowest BCUT2D eigenvalue weighted by molar-refractivity contribution is 0.0406. The molecule has 0 unspecified atom stereocenters. The van der Waals surface area contributed by atoms with Gasteiger partial charge in [0.2, 0.25) is 0 Å². The van der Waals surface area contributed by atoms with Crippen molar-refractivity contribution < 1.29 is 9.84 Å². The third-order valence-electron chi connectivity index (χ3n) is 3.34. The summed E-state index contributed by atoms with van der Waals surface area (Å²) >= 11 is 0. The number of hydrogen-bond donors (Lipinski definition) is 1. The molecule has 15 heavy (non-hydrogen) atoms. The van der Waals surface area contributed by atoms with E-state index >= 15 is 0 Å². The van der Waals surface area contributed by atoms with Crippen molar-refractivity contribution in [3.63, 3.8) is 0 Å². The van der Waals surface area contributed by atoms with Gasteiger partial charge < -0.3 is 9.84 Å². The van der Waals surface area contributed by atoms with Crippen LogP contribution in [-0.2, 0) is 5.60 Å². The van der Waals surface area contributed by atoms with E-state index in [0.717, 1.165) is 30.6 Å². The van der Waals surface area contributed by atoms with Crippen LogP contribution in [0.4, 0.5) is 0 Å². The van der Waals surface area contributed by atoms with Crippen LogP contribution in [0.25, 0.3) is 0 Å². The lowest BCUT2D eigenvalue weighted by atomic mass is 9.91. The molecule has 1 aliphatic rings. The quantitative estimate of drug-likeness (QED) is 0.806. The first-order valence-corrected chi connectivity index (χ1v) is 5.51. The smallest absolute Gasteiger partial charge is 0.119 e. The van der Waals surface area contributed by atoms with Crippen LogP contribution >= 0.6 is 0 Å². The highest BCUT2D eigenvalue weighted by molar-refractivity contribution is 5.32. The molecule has 1 aromatic rings. The Morgan fingerprint density at radius 3 is 2.87 bits per heavy atom. The molecule has 0 radical (unpaired) electrons. The number of rotatable bonds is 2.